The molecule has 2 atom stereocenters. The fraction of sp³-hybridized carbons (Fsp3) is 0.480. The first-order chi connectivity index (χ1) is 15.0. The molecule has 31 heavy (non-hydrogen) atoms. The van der Waals surface area contributed by atoms with E-state index in [9.17, 15) is 9.90 Å². The van der Waals surface area contributed by atoms with Crippen LogP contribution in [0.1, 0.15) is 50.3 Å². The molecule has 0 bridgehead atoms. The van der Waals surface area contributed by atoms with Crippen LogP contribution < -0.4 is 14.4 Å². The molecule has 6 nitrogen and oxygen atoms in total. The largest absolute Gasteiger partial charge is 0.490 e. The molecular weight excluding hydrogens is 392 g/mol. The lowest BCUT2D eigenvalue weighted by Crippen LogP contribution is -2.46. The second-order valence-corrected chi connectivity index (χ2v) is 8.05. The predicted octanol–water partition coefficient (Wildman–Crippen LogP) is 4.58. The minimum atomic E-state index is -0.759. The number of benzene rings is 2. The molecule has 1 heterocycles. The van der Waals surface area contributed by atoms with Gasteiger partial charge in [-0.25, -0.2) is 0 Å². The maximum atomic E-state index is 12.1. The van der Waals surface area contributed by atoms with E-state index < -0.39 is 12.0 Å². The van der Waals surface area contributed by atoms with Crippen LogP contribution in [0.2, 0.25) is 0 Å². The summed E-state index contributed by atoms with van der Waals surface area (Å²) in [5.41, 5.74) is 3.20. The van der Waals surface area contributed by atoms with Crippen LogP contribution in [0.25, 0.3) is 0 Å². The van der Waals surface area contributed by atoms with Crippen molar-refractivity contribution in [2.45, 2.75) is 45.2 Å². The van der Waals surface area contributed by atoms with Crippen molar-refractivity contribution in [3.63, 3.8) is 0 Å². The van der Waals surface area contributed by atoms with Crippen LogP contribution in [0.3, 0.4) is 0 Å². The molecule has 0 aliphatic carbocycles. The van der Waals surface area contributed by atoms with Crippen molar-refractivity contribution in [3.05, 3.63) is 53.6 Å². The van der Waals surface area contributed by atoms with Crippen LogP contribution in [0, 0.1) is 0 Å². The van der Waals surface area contributed by atoms with Gasteiger partial charge in [-0.15, -0.1) is 0 Å². The molecule has 3 rings (SSSR count). The van der Waals surface area contributed by atoms with E-state index in [1.165, 1.54) is 0 Å². The average molecular weight is 427 g/mol. The number of carbonyl (C=O) groups is 1. The molecule has 1 aliphatic rings. The number of ether oxygens (including phenoxy) is 2. The molecular formula is C25H34N2O4. The van der Waals surface area contributed by atoms with Gasteiger partial charge in [0.2, 0.25) is 0 Å². The Morgan fingerprint density at radius 1 is 1.03 bits per heavy atom. The van der Waals surface area contributed by atoms with Crippen LogP contribution >= 0.6 is 0 Å². The van der Waals surface area contributed by atoms with Gasteiger partial charge in [0.1, 0.15) is 6.04 Å². The second-order valence-electron chi connectivity index (χ2n) is 8.05. The monoisotopic (exact) mass is 426 g/mol. The molecule has 2 unspecified atom stereocenters. The molecule has 1 N–H and O–H groups in total. The first-order valence-corrected chi connectivity index (χ1v) is 11.1. The van der Waals surface area contributed by atoms with Crippen LogP contribution in [0.15, 0.2) is 42.5 Å². The van der Waals surface area contributed by atoms with Crippen LogP contribution in [0.4, 0.5) is 5.69 Å². The van der Waals surface area contributed by atoms with Gasteiger partial charge < -0.3 is 19.5 Å². The fourth-order valence-corrected chi connectivity index (χ4v) is 4.30. The Morgan fingerprint density at radius 2 is 1.68 bits per heavy atom. The molecule has 0 amide bonds. The number of hydrogen-bond donors (Lipinski definition) is 1. The maximum Gasteiger partial charge on any atom is 0.320 e. The van der Waals surface area contributed by atoms with Crippen molar-refractivity contribution < 1.29 is 19.4 Å². The molecule has 0 radical (unpaired) electrons. The lowest BCUT2D eigenvalue weighted by molar-refractivity contribution is -0.145. The topological polar surface area (TPSA) is 62.2 Å². The summed E-state index contributed by atoms with van der Waals surface area (Å²) in [5.74, 6) is 0.648. The maximum absolute atomic E-state index is 12.1. The molecule has 168 valence electrons. The Hall–Kier alpha value is -2.73. The van der Waals surface area contributed by atoms with Gasteiger partial charge in [0, 0.05) is 19.8 Å². The van der Waals surface area contributed by atoms with Gasteiger partial charge >= 0.3 is 5.97 Å². The summed E-state index contributed by atoms with van der Waals surface area (Å²) >= 11 is 0. The van der Waals surface area contributed by atoms with E-state index in [1.807, 2.05) is 46.1 Å². The summed E-state index contributed by atoms with van der Waals surface area (Å²) in [7, 11) is 4.02. The Labute approximate surface area is 185 Å². The summed E-state index contributed by atoms with van der Waals surface area (Å²) in [6.45, 7) is 5.73. The van der Waals surface area contributed by atoms with E-state index in [1.54, 1.807) is 0 Å². The molecule has 1 saturated heterocycles. The third kappa shape index (κ3) is 5.31. The highest BCUT2D eigenvalue weighted by Gasteiger charge is 2.35. The van der Waals surface area contributed by atoms with E-state index in [0.717, 1.165) is 36.2 Å². The first kappa shape index (κ1) is 22.9. The molecule has 0 aromatic heterocycles. The number of hydrogen-bond acceptors (Lipinski definition) is 5. The van der Waals surface area contributed by atoms with Crippen molar-refractivity contribution in [2.24, 2.45) is 0 Å². The Kier molecular flexibility index (Phi) is 7.80. The zero-order valence-electron chi connectivity index (χ0n) is 19.0. The molecule has 2 aromatic rings. The van der Waals surface area contributed by atoms with E-state index in [4.69, 9.17) is 9.47 Å². The highest BCUT2D eigenvalue weighted by molar-refractivity contribution is 5.73. The predicted molar refractivity (Wildman–Crippen MR) is 123 cm³/mol. The van der Waals surface area contributed by atoms with Gasteiger partial charge in [0.15, 0.2) is 11.5 Å². The molecule has 1 fully saturated rings. The number of anilines is 1. The van der Waals surface area contributed by atoms with Gasteiger partial charge in [-0.2, -0.15) is 0 Å². The smallest absolute Gasteiger partial charge is 0.320 e. The number of carboxylic acids is 1. The zero-order chi connectivity index (χ0) is 22.4. The van der Waals surface area contributed by atoms with E-state index in [-0.39, 0.29) is 6.04 Å². The van der Waals surface area contributed by atoms with Gasteiger partial charge in [0.05, 0.1) is 19.3 Å². The van der Waals surface area contributed by atoms with E-state index >= 15 is 0 Å². The summed E-state index contributed by atoms with van der Waals surface area (Å²) in [6.07, 6.45) is 2.59. The van der Waals surface area contributed by atoms with Gasteiger partial charge in [-0.05, 0) is 68.6 Å². The van der Waals surface area contributed by atoms with Crippen molar-refractivity contribution in [1.82, 2.24) is 4.90 Å². The normalized spacial score (nSPS) is 17.7. The number of carboxylic acid groups (broad SMARTS) is 1. The highest BCUT2D eigenvalue weighted by atomic mass is 16.5. The lowest BCUT2D eigenvalue weighted by atomic mass is 9.91. The van der Waals surface area contributed by atoms with Gasteiger partial charge in [0.25, 0.3) is 0 Å². The van der Waals surface area contributed by atoms with Crippen LogP contribution in [-0.4, -0.2) is 55.9 Å². The fourth-order valence-electron chi connectivity index (χ4n) is 4.30. The average Bonchev–Trinajstić information content (AvgIpc) is 2.76. The number of likely N-dealkylation sites (tertiary alicyclic amines) is 1. The van der Waals surface area contributed by atoms with E-state index in [0.29, 0.717) is 31.1 Å². The molecule has 0 spiro atoms. The number of nitrogens with zero attached hydrogens (tertiary/aromatic N) is 2. The Balaban J connectivity index is 2.09. The third-order valence-electron chi connectivity index (χ3n) is 5.77. The summed E-state index contributed by atoms with van der Waals surface area (Å²) < 4.78 is 11.6. The van der Waals surface area contributed by atoms with Crippen molar-refractivity contribution in [3.8, 4) is 11.5 Å². The first-order valence-electron chi connectivity index (χ1n) is 11.1. The third-order valence-corrected chi connectivity index (χ3v) is 5.77. The minimum Gasteiger partial charge on any atom is -0.490 e. The molecule has 6 heteroatoms. The summed E-state index contributed by atoms with van der Waals surface area (Å²) in [4.78, 5) is 16.3. The molecule has 2 aromatic carbocycles. The van der Waals surface area contributed by atoms with Gasteiger partial charge in [-0.3, -0.25) is 9.69 Å². The quantitative estimate of drug-likeness (QED) is 0.633. The van der Waals surface area contributed by atoms with Crippen molar-refractivity contribution in [1.29, 1.82) is 0 Å². The minimum absolute atomic E-state index is 0.174. The lowest BCUT2D eigenvalue weighted by Gasteiger charge is -2.40. The highest BCUT2D eigenvalue weighted by Crippen LogP contribution is 2.38. The summed E-state index contributed by atoms with van der Waals surface area (Å²) in [6, 6.07) is 13.7. The number of aliphatic carboxylic acids is 1. The number of rotatable bonds is 9. The van der Waals surface area contributed by atoms with Crippen LogP contribution in [-0.2, 0) is 4.79 Å². The second kappa shape index (κ2) is 10.5. The van der Waals surface area contributed by atoms with Gasteiger partial charge in [-0.1, -0.05) is 24.6 Å². The molecule has 0 saturated carbocycles. The SMILES string of the molecule is CCOc1ccc(C(c2ccc(N(C)C)cc2)N2CCCCC2C(=O)O)cc1OCC. The molecule has 1 aliphatic heterocycles. The van der Waals surface area contributed by atoms with Crippen LogP contribution in [0.5, 0.6) is 11.5 Å². The Bertz CT molecular complexity index is 866. The Morgan fingerprint density at radius 3 is 2.29 bits per heavy atom. The van der Waals surface area contributed by atoms with Crippen molar-refractivity contribution >= 4 is 11.7 Å². The van der Waals surface area contributed by atoms with Crippen molar-refractivity contribution in [2.75, 3.05) is 38.8 Å². The van der Waals surface area contributed by atoms with E-state index in [2.05, 4.69) is 34.1 Å². The standard InChI is InChI=1S/C25H34N2O4/c1-5-30-22-15-12-19(17-23(22)31-6-2)24(18-10-13-20(14-11-18)26(3)4)27-16-8-7-9-21(27)25(28)29/h10-15,17,21,24H,5-9,16H2,1-4H3,(H,28,29). The number of piperidine rings is 1. The zero-order valence-corrected chi connectivity index (χ0v) is 19.0. The summed E-state index contributed by atoms with van der Waals surface area (Å²) in [5, 5.41) is 9.93.